The summed E-state index contributed by atoms with van der Waals surface area (Å²) in [6.07, 6.45) is 5.64. The van der Waals surface area contributed by atoms with Crippen molar-refractivity contribution in [3.63, 3.8) is 0 Å². The second-order valence-corrected chi connectivity index (χ2v) is 13.4. The number of aromatic nitrogens is 1. The molecule has 8 aromatic rings. The van der Waals surface area contributed by atoms with Gasteiger partial charge in [0.1, 0.15) is 0 Å². The van der Waals surface area contributed by atoms with Crippen LogP contribution in [0.5, 0.6) is 0 Å². The van der Waals surface area contributed by atoms with Crippen LogP contribution in [0.15, 0.2) is 138 Å². The van der Waals surface area contributed by atoms with E-state index in [0.717, 1.165) is 79.5 Å². The minimum atomic E-state index is 0.0470. The van der Waals surface area contributed by atoms with Crippen LogP contribution in [0, 0.1) is 18.8 Å². The number of fused-ring (bicyclic) bond motifs is 5. The molecule has 6 aromatic carbocycles. The lowest BCUT2D eigenvalue weighted by Gasteiger charge is -2.22. The van der Waals surface area contributed by atoms with E-state index in [-0.39, 0.29) is 5.56 Å². The molecular weight excluding hydrogens is 595 g/mol. The molecule has 0 radical (unpaired) electrons. The van der Waals surface area contributed by atoms with E-state index in [9.17, 15) is 4.79 Å². The molecule has 1 atom stereocenters. The summed E-state index contributed by atoms with van der Waals surface area (Å²) in [5, 5.41) is 5.14. The third-order valence-corrected chi connectivity index (χ3v) is 10.6. The maximum atomic E-state index is 14.1. The maximum absolute atomic E-state index is 14.1. The van der Waals surface area contributed by atoms with Gasteiger partial charge in [-0.15, -0.1) is 5.92 Å². The Morgan fingerprint density at radius 1 is 0.653 bits per heavy atom. The Kier molecular flexibility index (Phi) is 6.96. The molecule has 0 amide bonds. The van der Waals surface area contributed by atoms with Gasteiger partial charge in [-0.25, -0.2) is 0 Å². The largest absolute Gasteiger partial charge is 0.275 e. The summed E-state index contributed by atoms with van der Waals surface area (Å²) in [6, 6.07) is 45.4. The van der Waals surface area contributed by atoms with Gasteiger partial charge in [0.2, 0.25) is 0 Å². The van der Waals surface area contributed by atoms with E-state index in [2.05, 4.69) is 128 Å². The molecule has 2 nitrogen and oxygen atoms in total. The highest BCUT2D eigenvalue weighted by atomic mass is 16.1. The van der Waals surface area contributed by atoms with Crippen LogP contribution in [-0.2, 0) is 0 Å². The van der Waals surface area contributed by atoms with Crippen molar-refractivity contribution in [3.8, 4) is 34.1 Å². The Balaban J connectivity index is 1.22. The molecule has 0 bridgehead atoms. The van der Waals surface area contributed by atoms with Crippen LogP contribution in [0.1, 0.15) is 54.4 Å². The Bertz CT molecular complexity index is 2740. The summed E-state index contributed by atoms with van der Waals surface area (Å²) in [6.45, 7) is 4.07. The lowest BCUT2D eigenvalue weighted by molar-refractivity contribution is 0.626. The molecule has 0 aliphatic heterocycles. The van der Waals surface area contributed by atoms with Crippen LogP contribution in [-0.4, -0.2) is 4.40 Å². The number of pyridine rings is 1. The molecule has 2 heteroatoms. The van der Waals surface area contributed by atoms with Gasteiger partial charge < -0.3 is 0 Å². The van der Waals surface area contributed by atoms with Gasteiger partial charge in [-0.05, 0) is 125 Å². The summed E-state index contributed by atoms with van der Waals surface area (Å²) >= 11 is 0. The van der Waals surface area contributed by atoms with Crippen molar-refractivity contribution < 1.29 is 0 Å². The standard InChI is InChI=1S/C47H35NO/c1-3-11-34-14-7-8-15-39(34)38-24-22-35(26-30(38)2)37-28-43-40-16-9-10-17-41(40)47(49)48-45-25-23-36(27-42(45)44(29-37)46(43)48)33-20-18-32(19-21-33)31-12-5-4-6-13-31/h4-10,12-18,22-29,33H,19-21H2,1-2H3. The zero-order valence-electron chi connectivity index (χ0n) is 27.8. The number of rotatable bonds is 4. The first-order valence-corrected chi connectivity index (χ1v) is 17.2. The van der Waals surface area contributed by atoms with Crippen molar-refractivity contribution in [1.29, 1.82) is 0 Å². The third kappa shape index (κ3) is 4.77. The first kappa shape index (κ1) is 29.2. The fourth-order valence-electron chi connectivity index (χ4n) is 8.19. The van der Waals surface area contributed by atoms with Gasteiger partial charge in [-0.3, -0.25) is 9.20 Å². The van der Waals surface area contributed by atoms with Crippen LogP contribution < -0.4 is 5.56 Å². The first-order chi connectivity index (χ1) is 24.1. The molecule has 0 saturated carbocycles. The monoisotopic (exact) mass is 629 g/mol. The fraction of sp³-hybridized carbons (Fsp3) is 0.128. The van der Waals surface area contributed by atoms with E-state index in [0.29, 0.717) is 5.92 Å². The number of benzene rings is 6. The van der Waals surface area contributed by atoms with Crippen molar-refractivity contribution in [3.05, 3.63) is 166 Å². The van der Waals surface area contributed by atoms with E-state index in [1.807, 2.05) is 35.6 Å². The van der Waals surface area contributed by atoms with Crippen LogP contribution in [0.4, 0.5) is 0 Å². The number of allylic oxidation sites excluding steroid dienone is 2. The van der Waals surface area contributed by atoms with Crippen molar-refractivity contribution in [2.45, 2.75) is 39.0 Å². The molecule has 2 aromatic heterocycles. The molecule has 234 valence electrons. The molecule has 0 fully saturated rings. The molecule has 9 rings (SSSR count). The number of nitrogens with zero attached hydrogens (tertiary/aromatic N) is 1. The SMILES string of the molecule is CC#Cc1ccccc1-c1ccc(-c2cc3c4ccccc4c(=O)n4c5ccc(C6CC=C(c7ccccc7)CC6)cc5c(c2)c34)cc1C. The molecule has 0 N–H and O–H groups in total. The Hall–Kier alpha value is -5.91. The molecule has 1 unspecified atom stereocenters. The van der Waals surface area contributed by atoms with Gasteiger partial charge in [0.25, 0.3) is 5.56 Å². The average Bonchev–Trinajstić information content (AvgIpc) is 3.49. The van der Waals surface area contributed by atoms with Gasteiger partial charge >= 0.3 is 0 Å². The van der Waals surface area contributed by atoms with E-state index >= 15 is 0 Å². The number of hydrogen-bond acceptors (Lipinski definition) is 1. The summed E-state index contributed by atoms with van der Waals surface area (Å²) in [5.74, 6) is 6.80. The van der Waals surface area contributed by atoms with Crippen molar-refractivity contribution in [2.75, 3.05) is 0 Å². The molecule has 1 aliphatic carbocycles. The van der Waals surface area contributed by atoms with Gasteiger partial charge in [-0.1, -0.05) is 103 Å². The van der Waals surface area contributed by atoms with E-state index < -0.39 is 0 Å². The highest BCUT2D eigenvalue weighted by Gasteiger charge is 2.22. The predicted octanol–water partition coefficient (Wildman–Crippen LogP) is 11.6. The smallest absolute Gasteiger partial charge is 0.263 e. The van der Waals surface area contributed by atoms with E-state index in [1.165, 1.54) is 27.8 Å². The quantitative estimate of drug-likeness (QED) is 0.140. The van der Waals surface area contributed by atoms with E-state index in [4.69, 9.17) is 0 Å². The zero-order valence-corrected chi connectivity index (χ0v) is 27.8. The summed E-state index contributed by atoms with van der Waals surface area (Å²) in [7, 11) is 0. The number of aryl methyl sites for hydroxylation is 1. The maximum Gasteiger partial charge on any atom is 0.263 e. The summed E-state index contributed by atoms with van der Waals surface area (Å²) < 4.78 is 1.96. The predicted molar refractivity (Wildman–Crippen MR) is 207 cm³/mol. The summed E-state index contributed by atoms with van der Waals surface area (Å²) in [5.41, 5.74) is 13.1. The van der Waals surface area contributed by atoms with Crippen LogP contribution >= 0.6 is 0 Å². The summed E-state index contributed by atoms with van der Waals surface area (Å²) in [4.78, 5) is 14.1. The van der Waals surface area contributed by atoms with Crippen LogP contribution in [0.25, 0.3) is 65.8 Å². The zero-order chi connectivity index (χ0) is 33.1. The van der Waals surface area contributed by atoms with Gasteiger partial charge in [0.05, 0.1) is 11.0 Å². The van der Waals surface area contributed by atoms with Crippen LogP contribution in [0.2, 0.25) is 0 Å². The highest BCUT2D eigenvalue weighted by molar-refractivity contribution is 6.21. The highest BCUT2D eigenvalue weighted by Crippen LogP contribution is 2.42. The molecule has 49 heavy (non-hydrogen) atoms. The molecule has 0 spiro atoms. The average molecular weight is 630 g/mol. The van der Waals surface area contributed by atoms with Crippen molar-refractivity contribution >= 4 is 43.5 Å². The lowest BCUT2D eigenvalue weighted by atomic mass is 9.82. The lowest BCUT2D eigenvalue weighted by Crippen LogP contribution is -2.12. The second kappa shape index (κ2) is 11.7. The molecule has 2 heterocycles. The van der Waals surface area contributed by atoms with Gasteiger partial charge in [0, 0.05) is 27.1 Å². The minimum Gasteiger partial charge on any atom is -0.275 e. The minimum absolute atomic E-state index is 0.0470. The fourth-order valence-corrected chi connectivity index (χ4v) is 8.19. The first-order valence-electron chi connectivity index (χ1n) is 17.2. The third-order valence-electron chi connectivity index (χ3n) is 10.6. The second-order valence-electron chi connectivity index (χ2n) is 13.4. The Morgan fingerprint density at radius 3 is 2.18 bits per heavy atom. The molecule has 0 saturated heterocycles. The van der Waals surface area contributed by atoms with E-state index in [1.54, 1.807) is 0 Å². The topological polar surface area (TPSA) is 21.5 Å². The van der Waals surface area contributed by atoms with Gasteiger partial charge in [-0.2, -0.15) is 0 Å². The van der Waals surface area contributed by atoms with Crippen molar-refractivity contribution in [2.24, 2.45) is 0 Å². The number of hydrogen-bond donors (Lipinski definition) is 0. The van der Waals surface area contributed by atoms with Crippen molar-refractivity contribution in [1.82, 2.24) is 4.40 Å². The Morgan fingerprint density at radius 2 is 1.41 bits per heavy atom. The van der Waals surface area contributed by atoms with Gasteiger partial charge in [0.15, 0.2) is 0 Å². The Labute approximate surface area is 286 Å². The normalized spacial score (nSPS) is 14.7. The molecular formula is C47H35NO. The van der Waals surface area contributed by atoms with Crippen LogP contribution in [0.3, 0.4) is 0 Å². The molecule has 1 aliphatic rings.